The lowest BCUT2D eigenvalue weighted by molar-refractivity contribution is -0.117. The first-order valence-corrected chi connectivity index (χ1v) is 10.2. The standard InChI is InChI=1S/C19H17F3N2O5S/c1-29-16-8-7-14(30(27,28)19(20,21)22)11-15(16)23-18(26)12-4-2-5-13(10-12)24-9-3-6-17(24)25/h2,4-5,7-8,10-11H,3,6,9H2,1H3,(H,23,26). The highest BCUT2D eigenvalue weighted by Crippen LogP contribution is 2.35. The maximum Gasteiger partial charge on any atom is 0.501 e. The highest BCUT2D eigenvalue weighted by atomic mass is 32.2. The van der Waals surface area contributed by atoms with Gasteiger partial charge in [0.15, 0.2) is 0 Å². The summed E-state index contributed by atoms with van der Waals surface area (Å²) >= 11 is 0. The van der Waals surface area contributed by atoms with Crippen molar-refractivity contribution in [3.63, 3.8) is 0 Å². The Hall–Kier alpha value is -3.08. The van der Waals surface area contributed by atoms with Gasteiger partial charge in [-0.3, -0.25) is 9.59 Å². The van der Waals surface area contributed by atoms with Crippen molar-refractivity contribution in [2.75, 3.05) is 23.9 Å². The minimum absolute atomic E-state index is 0.0182. The average Bonchev–Trinajstić information content (AvgIpc) is 3.13. The molecule has 1 N–H and O–H groups in total. The summed E-state index contributed by atoms with van der Waals surface area (Å²) in [6.07, 6.45) is 1.11. The number of carbonyl (C=O) groups is 2. The first kappa shape index (κ1) is 21.6. The monoisotopic (exact) mass is 442 g/mol. The van der Waals surface area contributed by atoms with E-state index < -0.39 is 26.1 Å². The Bertz CT molecular complexity index is 1100. The third-order valence-corrected chi connectivity index (χ3v) is 6.01. The minimum Gasteiger partial charge on any atom is -0.495 e. The van der Waals surface area contributed by atoms with Crippen LogP contribution in [-0.4, -0.2) is 39.4 Å². The van der Waals surface area contributed by atoms with Crippen molar-refractivity contribution < 1.29 is 35.9 Å². The normalized spacial score (nSPS) is 14.7. The fourth-order valence-electron chi connectivity index (χ4n) is 3.02. The SMILES string of the molecule is COc1ccc(S(=O)(=O)C(F)(F)F)cc1NC(=O)c1cccc(N2CCCC2=O)c1. The van der Waals surface area contributed by atoms with E-state index in [0.717, 1.165) is 12.1 Å². The van der Waals surface area contributed by atoms with Gasteiger partial charge >= 0.3 is 5.51 Å². The van der Waals surface area contributed by atoms with Gasteiger partial charge in [-0.1, -0.05) is 6.07 Å². The second-order valence-corrected chi connectivity index (χ2v) is 8.41. The number of hydrogen-bond donors (Lipinski definition) is 1. The molecule has 2 aromatic rings. The largest absolute Gasteiger partial charge is 0.501 e. The summed E-state index contributed by atoms with van der Waals surface area (Å²) in [7, 11) is -4.37. The summed E-state index contributed by atoms with van der Waals surface area (Å²) in [5, 5.41) is 2.37. The maximum atomic E-state index is 12.8. The number of carbonyl (C=O) groups excluding carboxylic acids is 2. The lowest BCUT2D eigenvalue weighted by Gasteiger charge is -2.17. The summed E-state index contributed by atoms with van der Waals surface area (Å²) in [5.74, 6) is -0.794. The quantitative estimate of drug-likeness (QED) is 0.767. The molecule has 1 fully saturated rings. The van der Waals surface area contributed by atoms with Crippen LogP contribution in [0.2, 0.25) is 0 Å². The van der Waals surface area contributed by atoms with Crippen LogP contribution in [0.1, 0.15) is 23.2 Å². The Morgan fingerprint density at radius 3 is 2.50 bits per heavy atom. The van der Waals surface area contributed by atoms with Gasteiger partial charge in [0.25, 0.3) is 15.7 Å². The predicted molar refractivity (Wildman–Crippen MR) is 102 cm³/mol. The first-order chi connectivity index (χ1) is 14.0. The molecule has 0 aromatic heterocycles. The molecule has 30 heavy (non-hydrogen) atoms. The fourth-order valence-corrected chi connectivity index (χ4v) is 3.80. The van der Waals surface area contributed by atoms with Gasteiger partial charge in [0.2, 0.25) is 5.91 Å². The molecule has 1 saturated heterocycles. The van der Waals surface area contributed by atoms with Crippen molar-refractivity contribution in [2.24, 2.45) is 0 Å². The van der Waals surface area contributed by atoms with Gasteiger partial charge in [-0.15, -0.1) is 0 Å². The molecule has 1 heterocycles. The fraction of sp³-hybridized carbons (Fsp3) is 0.263. The Morgan fingerprint density at radius 2 is 1.90 bits per heavy atom. The van der Waals surface area contributed by atoms with Crippen molar-refractivity contribution in [3.8, 4) is 5.75 Å². The maximum absolute atomic E-state index is 12.8. The molecule has 1 aliphatic heterocycles. The topological polar surface area (TPSA) is 92.8 Å². The van der Waals surface area contributed by atoms with Crippen molar-refractivity contribution >= 4 is 33.0 Å². The van der Waals surface area contributed by atoms with Crippen molar-refractivity contribution in [3.05, 3.63) is 48.0 Å². The summed E-state index contributed by atoms with van der Waals surface area (Å²) < 4.78 is 66.9. The van der Waals surface area contributed by atoms with Gasteiger partial charge in [-0.2, -0.15) is 13.2 Å². The number of hydrogen-bond acceptors (Lipinski definition) is 5. The van der Waals surface area contributed by atoms with Crippen LogP contribution in [0.25, 0.3) is 0 Å². The number of anilines is 2. The first-order valence-electron chi connectivity index (χ1n) is 8.76. The lowest BCUT2D eigenvalue weighted by Crippen LogP contribution is -2.24. The Morgan fingerprint density at radius 1 is 1.17 bits per heavy atom. The molecular weight excluding hydrogens is 425 g/mol. The van der Waals surface area contributed by atoms with Crippen molar-refractivity contribution in [2.45, 2.75) is 23.2 Å². The van der Waals surface area contributed by atoms with E-state index in [4.69, 9.17) is 4.74 Å². The van der Waals surface area contributed by atoms with E-state index in [0.29, 0.717) is 31.1 Å². The van der Waals surface area contributed by atoms with Crippen LogP contribution in [0, 0.1) is 0 Å². The van der Waals surface area contributed by atoms with Crippen LogP contribution in [0.15, 0.2) is 47.4 Å². The van der Waals surface area contributed by atoms with Crippen LogP contribution < -0.4 is 15.0 Å². The highest BCUT2D eigenvalue weighted by molar-refractivity contribution is 7.92. The van der Waals surface area contributed by atoms with Gasteiger partial charge in [0.05, 0.1) is 17.7 Å². The van der Waals surface area contributed by atoms with Gasteiger partial charge in [-0.25, -0.2) is 8.42 Å². The summed E-state index contributed by atoms with van der Waals surface area (Å²) in [6, 6.07) is 8.62. The molecule has 3 rings (SSSR count). The number of benzene rings is 2. The zero-order valence-corrected chi connectivity index (χ0v) is 16.5. The summed E-state index contributed by atoms with van der Waals surface area (Å²) in [6.45, 7) is 0.523. The molecule has 0 spiro atoms. The number of nitrogens with zero attached hydrogens (tertiary/aromatic N) is 1. The van der Waals surface area contributed by atoms with Crippen LogP contribution in [0.4, 0.5) is 24.5 Å². The number of amides is 2. The molecule has 2 aromatic carbocycles. The molecule has 0 unspecified atom stereocenters. The zero-order chi connectivity index (χ0) is 22.1. The summed E-state index contributed by atoms with van der Waals surface area (Å²) in [4.78, 5) is 25.1. The van der Waals surface area contributed by atoms with Gasteiger partial charge < -0.3 is 15.0 Å². The van der Waals surface area contributed by atoms with E-state index in [1.165, 1.54) is 24.1 Å². The number of halogens is 3. The smallest absolute Gasteiger partial charge is 0.495 e. The number of methoxy groups -OCH3 is 1. The number of alkyl halides is 3. The minimum atomic E-state index is -5.60. The van der Waals surface area contributed by atoms with E-state index in [1.807, 2.05) is 0 Å². The molecule has 7 nitrogen and oxygen atoms in total. The van der Waals surface area contributed by atoms with Crippen LogP contribution in [0.3, 0.4) is 0 Å². The van der Waals surface area contributed by atoms with Crippen molar-refractivity contribution in [1.29, 1.82) is 0 Å². The van der Waals surface area contributed by atoms with Gasteiger partial charge in [0.1, 0.15) is 5.75 Å². The molecule has 0 saturated carbocycles. The number of nitrogens with one attached hydrogen (secondary N) is 1. The third-order valence-electron chi connectivity index (χ3n) is 4.53. The van der Waals surface area contributed by atoms with E-state index in [-0.39, 0.29) is 22.9 Å². The predicted octanol–water partition coefficient (Wildman–Crippen LogP) is 3.37. The second-order valence-electron chi connectivity index (χ2n) is 6.46. The number of rotatable bonds is 5. The molecule has 0 atom stereocenters. The molecule has 11 heteroatoms. The number of ether oxygens (including phenoxy) is 1. The van der Waals surface area contributed by atoms with Crippen LogP contribution in [-0.2, 0) is 14.6 Å². The lowest BCUT2D eigenvalue weighted by atomic mass is 10.1. The van der Waals surface area contributed by atoms with Crippen molar-refractivity contribution in [1.82, 2.24) is 0 Å². The Labute approximate surface area is 170 Å². The molecule has 1 aliphatic rings. The van der Waals surface area contributed by atoms with Crippen LogP contribution >= 0.6 is 0 Å². The van der Waals surface area contributed by atoms with Gasteiger partial charge in [-0.05, 0) is 42.8 Å². The summed E-state index contributed by atoms with van der Waals surface area (Å²) in [5.41, 5.74) is -5.07. The Kier molecular flexibility index (Phi) is 5.75. The molecule has 0 bridgehead atoms. The average molecular weight is 442 g/mol. The Balaban J connectivity index is 1.91. The third kappa shape index (κ3) is 4.11. The zero-order valence-electron chi connectivity index (χ0n) is 15.7. The molecule has 0 aliphatic carbocycles. The van der Waals surface area contributed by atoms with E-state index >= 15 is 0 Å². The van der Waals surface area contributed by atoms with E-state index in [9.17, 15) is 31.2 Å². The highest BCUT2D eigenvalue weighted by Gasteiger charge is 2.47. The number of sulfone groups is 1. The molecular formula is C19H17F3N2O5S. The van der Waals surface area contributed by atoms with E-state index in [2.05, 4.69) is 5.32 Å². The molecule has 2 amide bonds. The second kappa shape index (κ2) is 7.98. The van der Waals surface area contributed by atoms with Gasteiger partial charge in [0, 0.05) is 24.2 Å². The molecule has 0 radical (unpaired) electrons. The molecule has 160 valence electrons. The van der Waals surface area contributed by atoms with Crippen LogP contribution in [0.5, 0.6) is 5.75 Å². The van der Waals surface area contributed by atoms with E-state index in [1.54, 1.807) is 12.1 Å².